The van der Waals surface area contributed by atoms with E-state index in [-0.39, 0.29) is 28.6 Å². The van der Waals surface area contributed by atoms with Crippen LogP contribution in [-0.2, 0) is 0 Å². The fourth-order valence-electron chi connectivity index (χ4n) is 2.31. The maximum Gasteiger partial charge on any atom is 0.254 e. The van der Waals surface area contributed by atoms with Gasteiger partial charge in [-0.3, -0.25) is 4.79 Å². The van der Waals surface area contributed by atoms with Crippen LogP contribution < -0.4 is 16.0 Å². The Morgan fingerprint density at radius 3 is 2.18 bits per heavy atom. The maximum absolute atomic E-state index is 13.5. The first kappa shape index (κ1) is 19.1. The van der Waals surface area contributed by atoms with Crippen molar-refractivity contribution in [3.8, 4) is 0 Å². The van der Waals surface area contributed by atoms with Gasteiger partial charge in [-0.15, -0.1) is 0 Å². The van der Waals surface area contributed by atoms with Gasteiger partial charge in [-0.2, -0.15) is 0 Å². The van der Waals surface area contributed by atoms with Crippen molar-refractivity contribution in [2.45, 2.75) is 0 Å². The number of hydrogen-bond acceptors (Lipinski definition) is 5. The Morgan fingerprint density at radius 2 is 1.57 bits per heavy atom. The van der Waals surface area contributed by atoms with Crippen LogP contribution in [-0.4, -0.2) is 22.9 Å². The third kappa shape index (κ3) is 4.17. The zero-order valence-electron chi connectivity index (χ0n) is 14.4. The molecule has 0 aliphatic rings. The average molecular weight is 391 g/mol. The molecule has 144 valence electrons. The van der Waals surface area contributed by atoms with Gasteiger partial charge >= 0.3 is 0 Å². The predicted molar refractivity (Wildman–Crippen MR) is 94.7 cm³/mol. The number of nitrogens with one attached hydrogen (secondary N) is 3. The van der Waals surface area contributed by atoms with Crippen LogP contribution in [0, 0.1) is 23.3 Å². The summed E-state index contributed by atoms with van der Waals surface area (Å²) in [4.78, 5) is 19.9. The Hall–Kier alpha value is -3.69. The van der Waals surface area contributed by atoms with Crippen LogP contribution in [0.1, 0.15) is 10.4 Å². The molecule has 0 saturated carbocycles. The molecule has 6 nitrogen and oxygen atoms in total. The molecule has 0 fully saturated rings. The smallest absolute Gasteiger partial charge is 0.254 e. The average Bonchev–Trinajstić information content (AvgIpc) is 2.67. The van der Waals surface area contributed by atoms with Gasteiger partial charge in [0, 0.05) is 37.1 Å². The van der Waals surface area contributed by atoms with Crippen molar-refractivity contribution < 1.29 is 22.4 Å². The minimum Gasteiger partial charge on any atom is -0.355 e. The lowest BCUT2D eigenvalue weighted by atomic mass is 10.2. The van der Waals surface area contributed by atoms with E-state index in [1.54, 1.807) is 0 Å². The molecule has 28 heavy (non-hydrogen) atoms. The lowest BCUT2D eigenvalue weighted by Gasteiger charge is -2.14. The Morgan fingerprint density at radius 1 is 0.893 bits per heavy atom. The summed E-state index contributed by atoms with van der Waals surface area (Å²) in [7, 11) is 1.40. The molecule has 0 aliphatic heterocycles. The second-order valence-corrected chi connectivity index (χ2v) is 5.56. The van der Waals surface area contributed by atoms with Crippen molar-refractivity contribution in [1.82, 2.24) is 15.3 Å². The van der Waals surface area contributed by atoms with Gasteiger partial charge in [-0.1, -0.05) is 0 Å². The van der Waals surface area contributed by atoms with E-state index in [9.17, 15) is 22.4 Å². The molecule has 3 aromatic rings. The molecule has 0 saturated heterocycles. The molecule has 0 unspecified atom stereocenters. The number of anilines is 4. The zero-order valence-corrected chi connectivity index (χ0v) is 14.4. The summed E-state index contributed by atoms with van der Waals surface area (Å²) in [6.07, 6.45) is 2.23. The summed E-state index contributed by atoms with van der Waals surface area (Å²) in [5, 5.41) is 7.88. The van der Waals surface area contributed by atoms with Gasteiger partial charge in [-0.05, 0) is 12.1 Å². The first-order chi connectivity index (χ1) is 13.4. The fourth-order valence-corrected chi connectivity index (χ4v) is 2.31. The van der Waals surface area contributed by atoms with Crippen molar-refractivity contribution in [3.63, 3.8) is 0 Å². The second-order valence-electron chi connectivity index (χ2n) is 5.56. The molecular weight excluding hydrogens is 378 g/mol. The van der Waals surface area contributed by atoms with E-state index < -0.39 is 29.2 Å². The molecule has 0 atom stereocenters. The Labute approximate surface area is 156 Å². The highest BCUT2D eigenvalue weighted by Gasteiger charge is 2.15. The van der Waals surface area contributed by atoms with E-state index in [4.69, 9.17) is 0 Å². The summed E-state index contributed by atoms with van der Waals surface area (Å²) >= 11 is 0. The van der Waals surface area contributed by atoms with E-state index in [1.807, 2.05) is 0 Å². The highest BCUT2D eigenvalue weighted by atomic mass is 19.2. The van der Waals surface area contributed by atoms with Gasteiger partial charge in [0.25, 0.3) is 5.91 Å². The van der Waals surface area contributed by atoms with Crippen molar-refractivity contribution in [2.24, 2.45) is 0 Å². The molecule has 0 radical (unpaired) electrons. The monoisotopic (exact) mass is 391 g/mol. The quantitative estimate of drug-likeness (QED) is 0.455. The molecule has 1 amide bonds. The Balaban J connectivity index is 1.96. The normalized spacial score (nSPS) is 10.5. The molecule has 3 rings (SSSR count). The highest BCUT2D eigenvalue weighted by molar-refractivity contribution is 6.00. The maximum atomic E-state index is 13.5. The number of carbonyl (C=O) groups excluding carboxylic acids is 1. The van der Waals surface area contributed by atoms with Crippen molar-refractivity contribution in [2.75, 3.05) is 17.7 Å². The summed E-state index contributed by atoms with van der Waals surface area (Å²) < 4.78 is 53.0. The predicted octanol–water partition coefficient (Wildman–Crippen LogP) is 3.88. The van der Waals surface area contributed by atoms with Crippen molar-refractivity contribution in [1.29, 1.82) is 0 Å². The van der Waals surface area contributed by atoms with Crippen LogP contribution in [0.15, 0.2) is 42.7 Å². The highest BCUT2D eigenvalue weighted by Crippen LogP contribution is 2.26. The molecule has 2 heterocycles. The molecule has 2 aromatic heterocycles. The van der Waals surface area contributed by atoms with Crippen LogP contribution in [0.2, 0.25) is 0 Å². The summed E-state index contributed by atoms with van der Waals surface area (Å²) in [6.45, 7) is 0. The topological polar surface area (TPSA) is 78.9 Å². The van der Waals surface area contributed by atoms with Crippen LogP contribution in [0.25, 0.3) is 0 Å². The Bertz CT molecular complexity index is 1000. The van der Waals surface area contributed by atoms with E-state index in [0.29, 0.717) is 0 Å². The Kier molecular flexibility index (Phi) is 5.39. The number of amides is 1. The lowest BCUT2D eigenvalue weighted by Crippen LogP contribution is -2.19. The van der Waals surface area contributed by atoms with Gasteiger partial charge in [-0.25, -0.2) is 27.5 Å². The van der Waals surface area contributed by atoms with Crippen LogP contribution >= 0.6 is 0 Å². The van der Waals surface area contributed by atoms with Crippen LogP contribution in [0.3, 0.4) is 0 Å². The first-order valence-electron chi connectivity index (χ1n) is 7.89. The van der Waals surface area contributed by atoms with Gasteiger partial charge in [0.15, 0.2) is 17.5 Å². The zero-order chi connectivity index (χ0) is 20.3. The summed E-state index contributed by atoms with van der Waals surface area (Å²) in [5.74, 6) is -4.89. The first-order valence-corrected chi connectivity index (χ1v) is 7.89. The van der Waals surface area contributed by atoms with Gasteiger partial charge in [0.05, 0.1) is 17.4 Å². The fraction of sp³-hybridized carbons (Fsp3) is 0.0556. The van der Waals surface area contributed by atoms with Gasteiger partial charge < -0.3 is 16.0 Å². The largest absolute Gasteiger partial charge is 0.355 e. The number of halogens is 4. The van der Waals surface area contributed by atoms with E-state index in [1.165, 1.54) is 31.4 Å². The molecule has 0 bridgehead atoms. The van der Waals surface area contributed by atoms with Crippen LogP contribution in [0.4, 0.5) is 40.6 Å². The molecule has 10 heteroatoms. The number of aromatic nitrogens is 2. The minimum absolute atomic E-state index is 0.0743. The third-order valence-corrected chi connectivity index (χ3v) is 3.62. The molecule has 0 spiro atoms. The molecular formula is C18H13F4N5O. The van der Waals surface area contributed by atoms with E-state index >= 15 is 0 Å². The molecule has 3 N–H and O–H groups in total. The van der Waals surface area contributed by atoms with Crippen molar-refractivity contribution in [3.05, 3.63) is 71.6 Å². The number of benzene rings is 1. The van der Waals surface area contributed by atoms with E-state index in [0.717, 1.165) is 18.3 Å². The summed E-state index contributed by atoms with van der Waals surface area (Å²) in [6, 6.07) is 5.45. The third-order valence-electron chi connectivity index (χ3n) is 3.62. The number of pyridine rings is 2. The number of nitrogens with zero attached hydrogens (tertiary/aromatic N) is 2. The lowest BCUT2D eigenvalue weighted by molar-refractivity contribution is 0.0963. The summed E-state index contributed by atoms with van der Waals surface area (Å²) in [5.41, 5.74) is 0.105. The second kappa shape index (κ2) is 7.91. The van der Waals surface area contributed by atoms with Crippen molar-refractivity contribution >= 4 is 28.9 Å². The van der Waals surface area contributed by atoms with Gasteiger partial charge in [0.1, 0.15) is 17.5 Å². The standard InChI is InChI=1S/C18H13F4N5O/c1-23-18(28)11-8-25-16(27-15-3-2-9(19)7-24-15)6-14(11)26-10-4-12(20)17(22)13(21)5-10/h2-8H,1H3,(H,23,28)(H2,24,25,26,27). The number of rotatable bonds is 5. The number of carbonyl (C=O) groups is 1. The number of hydrogen-bond donors (Lipinski definition) is 3. The van der Waals surface area contributed by atoms with Gasteiger partial charge in [0.2, 0.25) is 0 Å². The molecule has 0 aliphatic carbocycles. The van der Waals surface area contributed by atoms with E-state index in [2.05, 4.69) is 25.9 Å². The SMILES string of the molecule is CNC(=O)c1cnc(Nc2ccc(F)cn2)cc1Nc1cc(F)c(F)c(F)c1. The molecule has 1 aromatic carbocycles. The minimum atomic E-state index is -1.60. The van der Waals surface area contributed by atoms with Crippen LogP contribution in [0.5, 0.6) is 0 Å².